The highest BCUT2D eigenvalue weighted by molar-refractivity contribution is 9.10. The van der Waals surface area contributed by atoms with E-state index in [1.807, 2.05) is 18.2 Å². The molecule has 0 aliphatic heterocycles. The summed E-state index contributed by atoms with van der Waals surface area (Å²) in [4.78, 5) is 2.24. The fourth-order valence-corrected chi connectivity index (χ4v) is 2.35. The van der Waals surface area contributed by atoms with E-state index >= 15 is 0 Å². The highest BCUT2D eigenvalue weighted by Crippen LogP contribution is 2.28. The van der Waals surface area contributed by atoms with Crippen LogP contribution in [0.5, 0.6) is 0 Å². The molecule has 0 bridgehead atoms. The molecule has 3 nitrogen and oxygen atoms in total. The normalized spacial score (nSPS) is 15.3. The average Bonchev–Trinajstić information content (AvgIpc) is 3.14. The summed E-state index contributed by atoms with van der Waals surface area (Å²) >= 11 is 3.55. The molecule has 0 atom stereocenters. The first-order valence-electron chi connectivity index (χ1n) is 6.46. The number of nitrogen functional groups attached to an aromatic ring is 1. The van der Waals surface area contributed by atoms with Crippen molar-refractivity contribution in [3.63, 3.8) is 0 Å². The van der Waals surface area contributed by atoms with E-state index in [1.165, 1.54) is 12.8 Å². The molecule has 0 unspecified atom stereocenters. The Labute approximate surface area is 117 Å². The van der Waals surface area contributed by atoms with E-state index in [9.17, 15) is 0 Å². The molecule has 1 aliphatic carbocycles. The van der Waals surface area contributed by atoms with Crippen LogP contribution < -0.4 is 5.73 Å². The zero-order valence-corrected chi connectivity index (χ0v) is 12.4. The second-order valence-electron chi connectivity index (χ2n) is 5.06. The Balaban J connectivity index is 1.73. The summed E-state index contributed by atoms with van der Waals surface area (Å²) in [6.07, 6.45) is 2.70. The number of rotatable bonds is 7. The van der Waals surface area contributed by atoms with Crippen LogP contribution in [0.3, 0.4) is 0 Å². The van der Waals surface area contributed by atoms with Crippen LogP contribution in [-0.2, 0) is 11.3 Å². The number of ether oxygens (including phenoxy) is 1. The molecule has 0 radical (unpaired) electrons. The number of hydrogen-bond acceptors (Lipinski definition) is 3. The summed E-state index contributed by atoms with van der Waals surface area (Å²) in [5, 5.41) is 0. The van der Waals surface area contributed by atoms with Crippen molar-refractivity contribution in [1.82, 2.24) is 4.90 Å². The van der Waals surface area contributed by atoms with Crippen LogP contribution in [-0.4, -0.2) is 31.7 Å². The molecule has 1 aromatic rings. The first-order chi connectivity index (χ1) is 8.66. The smallest absolute Gasteiger partial charge is 0.0593 e. The van der Waals surface area contributed by atoms with Gasteiger partial charge in [0.2, 0.25) is 0 Å². The third-order valence-corrected chi connectivity index (χ3v) is 3.99. The predicted octanol–water partition coefficient (Wildman–Crippen LogP) is 2.89. The summed E-state index contributed by atoms with van der Waals surface area (Å²) in [5.74, 6) is 0.842. The van der Waals surface area contributed by atoms with Gasteiger partial charge in [0.25, 0.3) is 0 Å². The maximum atomic E-state index is 5.98. The van der Waals surface area contributed by atoms with Gasteiger partial charge in [-0.2, -0.15) is 0 Å². The van der Waals surface area contributed by atoms with Gasteiger partial charge >= 0.3 is 0 Å². The quantitative estimate of drug-likeness (QED) is 0.621. The molecule has 4 heteroatoms. The first-order valence-corrected chi connectivity index (χ1v) is 7.25. The lowest BCUT2D eigenvalue weighted by Crippen LogP contribution is -2.23. The Morgan fingerprint density at radius 2 is 2.22 bits per heavy atom. The molecule has 1 aliphatic rings. The van der Waals surface area contributed by atoms with Gasteiger partial charge in [0.05, 0.1) is 6.61 Å². The maximum Gasteiger partial charge on any atom is 0.0593 e. The summed E-state index contributed by atoms with van der Waals surface area (Å²) in [5.41, 5.74) is 7.98. The van der Waals surface area contributed by atoms with Crippen molar-refractivity contribution >= 4 is 21.6 Å². The fraction of sp³-hybridized carbons (Fsp3) is 0.571. The third kappa shape index (κ3) is 4.26. The number of halogens is 1. The zero-order chi connectivity index (χ0) is 13.0. The summed E-state index contributed by atoms with van der Waals surface area (Å²) in [7, 11) is 2.10. The number of nitrogens with two attached hydrogens (primary N) is 1. The van der Waals surface area contributed by atoms with Crippen LogP contribution in [0.4, 0.5) is 5.69 Å². The molecule has 2 rings (SSSR count). The van der Waals surface area contributed by atoms with Gasteiger partial charge in [-0.1, -0.05) is 22.0 Å². The van der Waals surface area contributed by atoms with Gasteiger partial charge < -0.3 is 10.5 Å². The summed E-state index contributed by atoms with van der Waals surface area (Å²) in [6.45, 7) is 3.52. The van der Waals surface area contributed by atoms with Crippen molar-refractivity contribution in [1.29, 1.82) is 0 Å². The minimum Gasteiger partial charge on any atom is -0.398 e. The maximum absolute atomic E-state index is 5.98. The lowest BCUT2D eigenvalue weighted by Gasteiger charge is -2.18. The van der Waals surface area contributed by atoms with Gasteiger partial charge in [-0.05, 0) is 37.9 Å². The first kappa shape index (κ1) is 13.8. The molecule has 18 heavy (non-hydrogen) atoms. The summed E-state index contributed by atoms with van der Waals surface area (Å²) < 4.78 is 6.72. The van der Waals surface area contributed by atoms with Crippen molar-refractivity contribution in [2.24, 2.45) is 5.92 Å². The molecule has 0 aromatic heterocycles. The largest absolute Gasteiger partial charge is 0.398 e. The molecule has 100 valence electrons. The minimum atomic E-state index is 0.803. The Bertz CT molecular complexity index is 373. The van der Waals surface area contributed by atoms with Gasteiger partial charge in [-0.15, -0.1) is 0 Å². The van der Waals surface area contributed by atoms with E-state index in [4.69, 9.17) is 10.5 Å². The standard InChI is InChI=1S/C14H21BrN2O/c1-17(7-8-18-10-11-5-6-11)9-12-13(15)3-2-4-14(12)16/h2-4,11H,5-10,16H2,1H3. The average molecular weight is 313 g/mol. The van der Waals surface area contributed by atoms with Crippen molar-refractivity contribution in [2.45, 2.75) is 19.4 Å². The van der Waals surface area contributed by atoms with Crippen molar-refractivity contribution in [3.05, 3.63) is 28.2 Å². The lowest BCUT2D eigenvalue weighted by molar-refractivity contribution is 0.102. The molecule has 1 aromatic carbocycles. The van der Waals surface area contributed by atoms with E-state index in [2.05, 4.69) is 27.9 Å². The summed E-state index contributed by atoms with van der Waals surface area (Å²) in [6, 6.07) is 5.93. The van der Waals surface area contributed by atoms with E-state index in [1.54, 1.807) is 0 Å². The molecular formula is C14H21BrN2O. The number of nitrogens with zero attached hydrogens (tertiary/aromatic N) is 1. The molecule has 2 N–H and O–H groups in total. The van der Waals surface area contributed by atoms with Crippen LogP contribution in [0.1, 0.15) is 18.4 Å². The van der Waals surface area contributed by atoms with Crippen LogP contribution in [0.25, 0.3) is 0 Å². The topological polar surface area (TPSA) is 38.5 Å². The zero-order valence-electron chi connectivity index (χ0n) is 10.9. The van der Waals surface area contributed by atoms with Crippen molar-refractivity contribution < 1.29 is 4.74 Å². The molecular weight excluding hydrogens is 292 g/mol. The van der Waals surface area contributed by atoms with E-state index in [0.717, 1.165) is 47.9 Å². The Morgan fingerprint density at radius 3 is 2.89 bits per heavy atom. The molecule has 0 amide bonds. The van der Waals surface area contributed by atoms with Crippen LogP contribution in [0.15, 0.2) is 22.7 Å². The van der Waals surface area contributed by atoms with Gasteiger partial charge in [-0.25, -0.2) is 0 Å². The Kier molecular flexibility index (Phi) is 5.03. The highest BCUT2D eigenvalue weighted by atomic mass is 79.9. The number of hydrogen-bond donors (Lipinski definition) is 1. The molecule has 0 saturated heterocycles. The van der Waals surface area contributed by atoms with Gasteiger partial charge in [0, 0.05) is 35.4 Å². The molecule has 0 heterocycles. The van der Waals surface area contributed by atoms with Crippen LogP contribution in [0, 0.1) is 5.92 Å². The lowest BCUT2D eigenvalue weighted by atomic mass is 10.2. The van der Waals surface area contributed by atoms with Gasteiger partial charge in [0.1, 0.15) is 0 Å². The Hall–Kier alpha value is -0.580. The van der Waals surface area contributed by atoms with Crippen LogP contribution in [0.2, 0.25) is 0 Å². The molecule has 1 fully saturated rings. The van der Waals surface area contributed by atoms with Crippen molar-refractivity contribution in [2.75, 3.05) is 32.5 Å². The fourth-order valence-electron chi connectivity index (χ4n) is 1.85. The van der Waals surface area contributed by atoms with E-state index in [-0.39, 0.29) is 0 Å². The van der Waals surface area contributed by atoms with Crippen LogP contribution >= 0.6 is 15.9 Å². The SMILES string of the molecule is CN(CCOCC1CC1)Cc1c(N)cccc1Br. The number of anilines is 1. The van der Waals surface area contributed by atoms with Gasteiger partial charge in [0.15, 0.2) is 0 Å². The monoisotopic (exact) mass is 312 g/mol. The predicted molar refractivity (Wildman–Crippen MR) is 78.4 cm³/mol. The molecule has 1 saturated carbocycles. The number of likely N-dealkylation sites (N-methyl/N-ethyl adjacent to an activating group) is 1. The Morgan fingerprint density at radius 1 is 1.44 bits per heavy atom. The number of benzene rings is 1. The molecule has 0 spiro atoms. The second-order valence-corrected chi connectivity index (χ2v) is 5.92. The van der Waals surface area contributed by atoms with E-state index < -0.39 is 0 Å². The minimum absolute atomic E-state index is 0.803. The van der Waals surface area contributed by atoms with Crippen molar-refractivity contribution in [3.8, 4) is 0 Å². The second kappa shape index (κ2) is 6.55. The highest BCUT2D eigenvalue weighted by Gasteiger charge is 2.20. The third-order valence-electron chi connectivity index (χ3n) is 3.25. The van der Waals surface area contributed by atoms with E-state index in [0.29, 0.717) is 0 Å². The van der Waals surface area contributed by atoms with Gasteiger partial charge in [-0.3, -0.25) is 4.90 Å².